The Hall–Kier alpha value is -0.261. The van der Waals surface area contributed by atoms with E-state index >= 15 is 0 Å². The van der Waals surface area contributed by atoms with E-state index in [-0.39, 0.29) is 17.1 Å². The molecule has 0 aliphatic heterocycles. The molecule has 0 saturated carbocycles. The number of rotatable bonds is 0. The second-order valence-corrected chi connectivity index (χ2v) is 0. The van der Waals surface area contributed by atoms with Gasteiger partial charge in [-0.15, -0.1) is 0 Å². The van der Waals surface area contributed by atoms with Crippen molar-refractivity contribution >= 4 is 0 Å². The standard InChI is InChI=1S/3CO.Fe/c3*1-2;/q;;;+3. The molecule has 0 amide bonds. The maximum atomic E-state index is 7.50. The fourth-order valence-corrected chi connectivity index (χ4v) is 0. The molecule has 0 aliphatic rings. The van der Waals surface area contributed by atoms with Crippen LogP contribution in [-0.4, -0.2) is 0 Å². The van der Waals surface area contributed by atoms with Crippen LogP contribution in [0.15, 0.2) is 0 Å². The van der Waals surface area contributed by atoms with Crippen LogP contribution in [0.25, 0.3) is 0 Å². The molecule has 35 valence electrons. The van der Waals surface area contributed by atoms with Crippen LogP contribution in [0.2, 0.25) is 0 Å². The molecule has 0 aromatic carbocycles. The van der Waals surface area contributed by atoms with Gasteiger partial charge >= 0.3 is 51.0 Å². The fourth-order valence-electron chi connectivity index (χ4n) is 0. The third-order valence-electron chi connectivity index (χ3n) is 0. The molecule has 3 nitrogen and oxygen atoms in total. The van der Waals surface area contributed by atoms with E-state index < -0.39 is 0 Å². The first-order chi connectivity index (χ1) is 3.00. The Morgan fingerprint density at radius 2 is 0.571 bits per heavy atom. The summed E-state index contributed by atoms with van der Waals surface area (Å²) in [6.07, 6.45) is 0. The molecule has 0 spiro atoms. The minimum absolute atomic E-state index is 0. The van der Waals surface area contributed by atoms with Gasteiger partial charge in [0.15, 0.2) is 0 Å². The van der Waals surface area contributed by atoms with Gasteiger partial charge < -0.3 is 0 Å². The zero-order valence-corrected chi connectivity index (χ0v) is 4.18. The van der Waals surface area contributed by atoms with Crippen molar-refractivity contribution in [2.24, 2.45) is 0 Å². The summed E-state index contributed by atoms with van der Waals surface area (Å²) in [4.78, 5) is 0. The topological polar surface area (TPSA) is 59.7 Å². The van der Waals surface area contributed by atoms with E-state index in [4.69, 9.17) is 14.0 Å². The van der Waals surface area contributed by atoms with E-state index in [1.807, 2.05) is 0 Å². The molecule has 0 bridgehead atoms. The maximum Gasteiger partial charge on any atom is 3.00 e. The zero-order chi connectivity index (χ0) is 6.00. The van der Waals surface area contributed by atoms with Crippen molar-refractivity contribution in [3.63, 3.8) is 0 Å². The van der Waals surface area contributed by atoms with Gasteiger partial charge in [-0.25, -0.2) is 0 Å². The Kier molecular flexibility index (Phi) is 8030. The van der Waals surface area contributed by atoms with Gasteiger partial charge in [-0.05, 0) is 0 Å². The Morgan fingerprint density at radius 3 is 0.571 bits per heavy atom. The summed E-state index contributed by atoms with van der Waals surface area (Å²) in [5, 5.41) is 0. The van der Waals surface area contributed by atoms with E-state index in [0.717, 1.165) is 0 Å². The van der Waals surface area contributed by atoms with Gasteiger partial charge in [-0.1, -0.05) is 0 Å². The number of hydrogen-bond donors (Lipinski definition) is 0. The van der Waals surface area contributed by atoms with Crippen LogP contribution in [0.5, 0.6) is 0 Å². The molecule has 4 heteroatoms. The van der Waals surface area contributed by atoms with E-state index in [1.54, 1.807) is 0 Å². The van der Waals surface area contributed by atoms with Crippen molar-refractivity contribution in [2.75, 3.05) is 0 Å². The number of hydrogen-bond acceptors (Lipinski definition) is 0. The van der Waals surface area contributed by atoms with Gasteiger partial charge in [0.05, 0.1) is 0 Å². The molecule has 1 radical (unpaired) electrons. The van der Waals surface area contributed by atoms with Gasteiger partial charge in [0.2, 0.25) is 0 Å². The average Bonchev–Trinajstić information content (AvgIpc) is 1.81. The predicted octanol–water partition coefficient (Wildman–Crippen LogP) is -0.115. The maximum absolute atomic E-state index is 7.50. The van der Waals surface area contributed by atoms with E-state index in [1.165, 1.54) is 0 Å². The molecule has 0 aromatic rings. The van der Waals surface area contributed by atoms with Crippen LogP contribution < -0.4 is 0 Å². The summed E-state index contributed by atoms with van der Waals surface area (Å²) in [6.45, 7) is 13.5. The normalized spacial score (nSPS) is 0.857. The third kappa shape index (κ3) is 1180. The van der Waals surface area contributed by atoms with Crippen molar-refractivity contribution < 1.29 is 31.0 Å². The summed E-state index contributed by atoms with van der Waals surface area (Å²) >= 11 is 0. The molecule has 0 atom stereocenters. The van der Waals surface area contributed by atoms with Crippen molar-refractivity contribution in [1.29, 1.82) is 0 Å². The van der Waals surface area contributed by atoms with E-state index in [2.05, 4.69) is 20.0 Å². The van der Waals surface area contributed by atoms with Gasteiger partial charge in [-0.3, -0.25) is 0 Å². The first-order valence-electron chi connectivity index (χ1n) is 0.612. The van der Waals surface area contributed by atoms with E-state index in [9.17, 15) is 0 Å². The van der Waals surface area contributed by atoms with Crippen LogP contribution in [0.3, 0.4) is 0 Å². The van der Waals surface area contributed by atoms with Gasteiger partial charge in [-0.2, -0.15) is 0 Å². The summed E-state index contributed by atoms with van der Waals surface area (Å²) in [7, 11) is 0. The predicted molar refractivity (Wildman–Crippen MR) is 11.8 cm³/mol. The second-order valence-electron chi connectivity index (χ2n) is 0. The molecule has 0 rings (SSSR count). The smallest absolute Gasteiger partial charge is 3.00 e. The van der Waals surface area contributed by atoms with Gasteiger partial charge in [0.1, 0.15) is 0 Å². The molecular formula is C3FeO3+3. The van der Waals surface area contributed by atoms with Crippen molar-refractivity contribution in [3.05, 3.63) is 20.0 Å². The second kappa shape index (κ2) is 1900. The average molecular weight is 140 g/mol. The van der Waals surface area contributed by atoms with Crippen LogP contribution in [0, 0.1) is 20.0 Å². The fraction of sp³-hybridized carbons (Fsp3) is 0. The van der Waals surface area contributed by atoms with Crippen molar-refractivity contribution in [1.82, 2.24) is 0 Å². The van der Waals surface area contributed by atoms with Gasteiger partial charge in [0, 0.05) is 0 Å². The summed E-state index contributed by atoms with van der Waals surface area (Å²) in [5.74, 6) is 0. The molecule has 7 heavy (non-hydrogen) atoms. The zero-order valence-electron chi connectivity index (χ0n) is 3.08. The monoisotopic (exact) mass is 140 g/mol. The Labute approximate surface area is 51.7 Å². The Morgan fingerprint density at radius 1 is 0.571 bits per heavy atom. The molecule has 0 unspecified atom stereocenters. The quantitative estimate of drug-likeness (QED) is 0.256. The third-order valence-corrected chi connectivity index (χ3v) is 0. The molecule has 0 aliphatic carbocycles. The molecule has 0 heterocycles. The largest absolute Gasteiger partial charge is 3.00 e. The minimum Gasteiger partial charge on any atom is 3.00 e. The summed E-state index contributed by atoms with van der Waals surface area (Å²) in [6, 6.07) is 0. The first kappa shape index (κ1) is 29.6. The first-order valence-corrected chi connectivity index (χ1v) is 0.612. The van der Waals surface area contributed by atoms with Gasteiger partial charge in [0.25, 0.3) is 0 Å². The molecule has 0 N–H and O–H groups in total. The van der Waals surface area contributed by atoms with Crippen LogP contribution >= 0.6 is 0 Å². The molecule has 0 saturated heterocycles. The van der Waals surface area contributed by atoms with Crippen molar-refractivity contribution in [3.8, 4) is 0 Å². The van der Waals surface area contributed by atoms with Crippen LogP contribution in [-0.2, 0) is 31.0 Å². The van der Waals surface area contributed by atoms with Crippen LogP contribution in [0.1, 0.15) is 0 Å². The Bertz CT molecular complexity index is 38.7. The minimum atomic E-state index is 0. The Balaban J connectivity index is -0.00000000900. The molecular weight excluding hydrogens is 140 g/mol. The molecule has 0 aromatic heterocycles. The summed E-state index contributed by atoms with van der Waals surface area (Å²) in [5.41, 5.74) is 0. The summed E-state index contributed by atoms with van der Waals surface area (Å²) < 4.78 is 22.5. The SMILES string of the molecule is [C-]#[O+].[C-]#[O+].[C-]#[O+].[Fe+3]. The van der Waals surface area contributed by atoms with Crippen LogP contribution in [0.4, 0.5) is 0 Å². The van der Waals surface area contributed by atoms with E-state index in [0.29, 0.717) is 0 Å². The molecule has 0 fully saturated rings. The van der Waals surface area contributed by atoms with Crippen molar-refractivity contribution in [2.45, 2.75) is 0 Å².